The van der Waals surface area contributed by atoms with Crippen molar-refractivity contribution in [3.8, 4) is 11.4 Å². The Morgan fingerprint density at radius 2 is 1.94 bits per heavy atom. The molecule has 1 heterocycles. The zero-order chi connectivity index (χ0) is 13.0. The summed E-state index contributed by atoms with van der Waals surface area (Å²) in [4.78, 5) is 8.78. The number of benzene rings is 1. The molecular formula is C13H16N4O. The van der Waals surface area contributed by atoms with Crippen molar-refractivity contribution in [1.82, 2.24) is 9.97 Å². The van der Waals surface area contributed by atoms with Gasteiger partial charge in [0.1, 0.15) is 5.82 Å². The van der Waals surface area contributed by atoms with Gasteiger partial charge in [0.25, 0.3) is 0 Å². The number of aliphatic hydroxyl groups is 1. The second-order valence-electron chi connectivity index (χ2n) is 3.99. The highest BCUT2D eigenvalue weighted by atomic mass is 16.3. The molecule has 0 unspecified atom stereocenters. The molecular weight excluding hydrogens is 228 g/mol. The van der Waals surface area contributed by atoms with Crippen molar-refractivity contribution in [3.63, 3.8) is 0 Å². The van der Waals surface area contributed by atoms with Crippen LogP contribution in [-0.2, 0) is 0 Å². The topological polar surface area (TPSA) is 84.1 Å². The maximum absolute atomic E-state index is 8.79. The molecule has 0 amide bonds. The van der Waals surface area contributed by atoms with Crippen molar-refractivity contribution in [2.45, 2.75) is 6.92 Å². The number of nitrogens with two attached hydrogens (primary N) is 1. The highest BCUT2D eigenvalue weighted by Crippen LogP contribution is 2.19. The van der Waals surface area contributed by atoms with E-state index in [1.807, 2.05) is 37.3 Å². The van der Waals surface area contributed by atoms with E-state index in [1.54, 1.807) is 0 Å². The van der Waals surface area contributed by atoms with E-state index in [2.05, 4.69) is 15.3 Å². The molecule has 0 atom stereocenters. The van der Waals surface area contributed by atoms with Crippen molar-refractivity contribution in [2.24, 2.45) is 0 Å². The normalized spacial score (nSPS) is 10.3. The third kappa shape index (κ3) is 2.95. The Morgan fingerprint density at radius 1 is 1.22 bits per heavy atom. The summed E-state index contributed by atoms with van der Waals surface area (Å²) < 4.78 is 0. The fourth-order valence-electron chi connectivity index (χ4n) is 1.60. The average molecular weight is 244 g/mol. The van der Waals surface area contributed by atoms with Gasteiger partial charge in [0.05, 0.1) is 6.61 Å². The van der Waals surface area contributed by atoms with E-state index < -0.39 is 0 Å². The molecule has 0 aliphatic heterocycles. The lowest BCUT2D eigenvalue weighted by Crippen LogP contribution is -2.08. The van der Waals surface area contributed by atoms with Crippen LogP contribution in [0.1, 0.15) is 5.69 Å². The molecule has 2 aromatic rings. The van der Waals surface area contributed by atoms with Crippen LogP contribution in [0.5, 0.6) is 0 Å². The van der Waals surface area contributed by atoms with Gasteiger partial charge < -0.3 is 16.2 Å². The predicted molar refractivity (Wildman–Crippen MR) is 72.2 cm³/mol. The molecule has 94 valence electrons. The van der Waals surface area contributed by atoms with Gasteiger partial charge in [-0.15, -0.1) is 0 Å². The maximum Gasteiger partial charge on any atom is 0.161 e. The van der Waals surface area contributed by atoms with Gasteiger partial charge in [-0.3, -0.25) is 0 Å². The molecule has 1 aromatic carbocycles. The van der Waals surface area contributed by atoms with E-state index in [-0.39, 0.29) is 6.61 Å². The molecule has 4 N–H and O–H groups in total. The summed E-state index contributed by atoms with van der Waals surface area (Å²) in [5.41, 5.74) is 8.15. The lowest BCUT2D eigenvalue weighted by Gasteiger charge is -2.07. The first-order chi connectivity index (χ1) is 8.69. The van der Waals surface area contributed by atoms with E-state index in [9.17, 15) is 0 Å². The molecule has 1 aromatic heterocycles. The Labute approximate surface area is 106 Å². The van der Waals surface area contributed by atoms with Crippen LogP contribution in [0.2, 0.25) is 0 Å². The van der Waals surface area contributed by atoms with Crippen LogP contribution in [-0.4, -0.2) is 28.2 Å². The van der Waals surface area contributed by atoms with Crippen LogP contribution < -0.4 is 11.1 Å². The van der Waals surface area contributed by atoms with Gasteiger partial charge >= 0.3 is 0 Å². The first kappa shape index (κ1) is 12.3. The van der Waals surface area contributed by atoms with Crippen molar-refractivity contribution >= 4 is 11.5 Å². The predicted octanol–water partition coefficient (Wildman–Crippen LogP) is 1.44. The van der Waals surface area contributed by atoms with Gasteiger partial charge in [-0.05, 0) is 31.2 Å². The lowest BCUT2D eigenvalue weighted by atomic mass is 10.2. The van der Waals surface area contributed by atoms with E-state index in [0.717, 1.165) is 11.3 Å². The summed E-state index contributed by atoms with van der Waals surface area (Å²) in [5.74, 6) is 1.36. The number of nitrogens with zero attached hydrogens (tertiary/aromatic N) is 2. The van der Waals surface area contributed by atoms with E-state index in [4.69, 9.17) is 10.8 Å². The largest absolute Gasteiger partial charge is 0.399 e. The number of anilines is 2. The first-order valence-electron chi connectivity index (χ1n) is 5.75. The standard InChI is InChI=1S/C13H16N4O/c1-9-8-12(15-6-7-18)17-13(16-9)10-2-4-11(14)5-3-10/h2-5,8,18H,6-7,14H2,1H3,(H,15,16,17). The Balaban J connectivity index is 2.32. The van der Waals surface area contributed by atoms with Crippen molar-refractivity contribution in [3.05, 3.63) is 36.0 Å². The number of nitrogen functional groups attached to an aromatic ring is 1. The van der Waals surface area contributed by atoms with Gasteiger partial charge in [-0.25, -0.2) is 9.97 Å². The fraction of sp³-hybridized carbons (Fsp3) is 0.231. The molecule has 5 nitrogen and oxygen atoms in total. The molecule has 0 saturated carbocycles. The third-order valence-corrected chi connectivity index (χ3v) is 2.44. The molecule has 0 fully saturated rings. The number of aryl methyl sites for hydroxylation is 1. The zero-order valence-corrected chi connectivity index (χ0v) is 10.2. The van der Waals surface area contributed by atoms with Crippen LogP contribution in [0.15, 0.2) is 30.3 Å². The zero-order valence-electron chi connectivity index (χ0n) is 10.2. The second-order valence-corrected chi connectivity index (χ2v) is 3.99. The Kier molecular flexibility index (Phi) is 3.74. The Bertz CT molecular complexity index is 525. The minimum absolute atomic E-state index is 0.0697. The molecule has 18 heavy (non-hydrogen) atoms. The number of rotatable bonds is 4. The highest BCUT2D eigenvalue weighted by Gasteiger charge is 2.04. The van der Waals surface area contributed by atoms with Crippen LogP contribution in [0.3, 0.4) is 0 Å². The molecule has 2 rings (SSSR count). The fourth-order valence-corrected chi connectivity index (χ4v) is 1.60. The summed E-state index contributed by atoms with van der Waals surface area (Å²) in [6.45, 7) is 2.45. The van der Waals surface area contributed by atoms with Crippen LogP contribution in [0.25, 0.3) is 11.4 Å². The van der Waals surface area contributed by atoms with Gasteiger partial charge in [-0.2, -0.15) is 0 Å². The Morgan fingerprint density at radius 3 is 2.61 bits per heavy atom. The van der Waals surface area contributed by atoms with Gasteiger partial charge in [0, 0.05) is 29.6 Å². The summed E-state index contributed by atoms with van der Waals surface area (Å²) >= 11 is 0. The summed E-state index contributed by atoms with van der Waals surface area (Å²) in [6.07, 6.45) is 0. The summed E-state index contributed by atoms with van der Waals surface area (Å²) in [5, 5.41) is 11.8. The molecule has 5 heteroatoms. The van der Waals surface area contributed by atoms with Gasteiger partial charge in [-0.1, -0.05) is 0 Å². The first-order valence-corrected chi connectivity index (χ1v) is 5.75. The van der Waals surface area contributed by atoms with Crippen molar-refractivity contribution < 1.29 is 5.11 Å². The van der Waals surface area contributed by atoms with Gasteiger partial charge in [0.15, 0.2) is 5.82 Å². The van der Waals surface area contributed by atoms with Crippen LogP contribution in [0, 0.1) is 6.92 Å². The minimum Gasteiger partial charge on any atom is -0.399 e. The van der Waals surface area contributed by atoms with Crippen LogP contribution >= 0.6 is 0 Å². The average Bonchev–Trinajstić information content (AvgIpc) is 2.36. The molecule has 0 radical (unpaired) electrons. The summed E-state index contributed by atoms with van der Waals surface area (Å²) in [7, 11) is 0. The lowest BCUT2D eigenvalue weighted by molar-refractivity contribution is 0.311. The number of hydrogen-bond donors (Lipinski definition) is 3. The molecule has 0 spiro atoms. The summed E-state index contributed by atoms with van der Waals surface area (Å²) in [6, 6.07) is 9.26. The van der Waals surface area contributed by atoms with E-state index in [1.165, 1.54) is 0 Å². The molecule has 0 bridgehead atoms. The van der Waals surface area contributed by atoms with Crippen molar-refractivity contribution in [2.75, 3.05) is 24.2 Å². The van der Waals surface area contributed by atoms with E-state index in [0.29, 0.717) is 23.9 Å². The van der Waals surface area contributed by atoms with Crippen molar-refractivity contribution in [1.29, 1.82) is 0 Å². The maximum atomic E-state index is 8.79. The van der Waals surface area contributed by atoms with Gasteiger partial charge in [0.2, 0.25) is 0 Å². The highest BCUT2D eigenvalue weighted by molar-refractivity contribution is 5.60. The monoisotopic (exact) mass is 244 g/mol. The SMILES string of the molecule is Cc1cc(NCCO)nc(-c2ccc(N)cc2)n1. The number of nitrogens with one attached hydrogen (secondary N) is 1. The smallest absolute Gasteiger partial charge is 0.161 e. The minimum atomic E-state index is 0.0697. The third-order valence-electron chi connectivity index (χ3n) is 2.44. The number of hydrogen-bond acceptors (Lipinski definition) is 5. The molecule has 0 saturated heterocycles. The number of aliphatic hydroxyl groups excluding tert-OH is 1. The molecule has 0 aliphatic carbocycles. The van der Waals surface area contributed by atoms with Crippen LogP contribution in [0.4, 0.5) is 11.5 Å². The molecule has 0 aliphatic rings. The van der Waals surface area contributed by atoms with E-state index >= 15 is 0 Å². The quantitative estimate of drug-likeness (QED) is 0.709. The Hall–Kier alpha value is -2.14. The number of aromatic nitrogens is 2. The second kappa shape index (κ2) is 5.46.